The molecule has 0 unspecified atom stereocenters. The van der Waals surface area contributed by atoms with E-state index in [9.17, 15) is 0 Å². The number of hydrogen-bond donors (Lipinski definition) is 0. The SMILES string of the molecule is Cc1c(C)c(C)c2c(c1C)OC1(OC(C)(C)C(C)(C)O1)C(C)(C)C2(C)C. The molecule has 146 valence electrons. The molecule has 3 heteroatoms. The number of benzene rings is 1. The molecule has 1 fully saturated rings. The van der Waals surface area contributed by atoms with Crippen molar-refractivity contribution in [3.05, 3.63) is 27.8 Å². The number of fused-ring (bicyclic) bond motifs is 1. The van der Waals surface area contributed by atoms with Crippen molar-refractivity contribution in [2.75, 3.05) is 0 Å². The van der Waals surface area contributed by atoms with E-state index >= 15 is 0 Å². The molecule has 0 aliphatic carbocycles. The van der Waals surface area contributed by atoms with Gasteiger partial charge in [-0.1, -0.05) is 27.7 Å². The van der Waals surface area contributed by atoms with E-state index < -0.39 is 22.6 Å². The second-order valence-electron chi connectivity index (χ2n) is 10.3. The van der Waals surface area contributed by atoms with Gasteiger partial charge in [0.15, 0.2) is 0 Å². The van der Waals surface area contributed by atoms with E-state index in [1.807, 2.05) is 0 Å². The van der Waals surface area contributed by atoms with Gasteiger partial charge in [-0.2, -0.15) is 0 Å². The lowest BCUT2D eigenvalue weighted by molar-refractivity contribution is -0.381. The average Bonchev–Trinajstić information content (AvgIpc) is 2.66. The van der Waals surface area contributed by atoms with Gasteiger partial charge in [0, 0.05) is 11.0 Å². The Labute approximate surface area is 159 Å². The lowest BCUT2D eigenvalue weighted by Gasteiger charge is -2.56. The summed E-state index contributed by atoms with van der Waals surface area (Å²) in [6.45, 7) is 26.1. The number of ether oxygens (including phenoxy) is 3. The van der Waals surface area contributed by atoms with E-state index in [1.54, 1.807) is 0 Å². The molecule has 2 aliphatic rings. The molecule has 0 aromatic heterocycles. The van der Waals surface area contributed by atoms with Crippen LogP contribution in [-0.2, 0) is 14.9 Å². The molecule has 1 spiro atoms. The molecule has 1 saturated heterocycles. The third kappa shape index (κ3) is 2.08. The lowest BCUT2D eigenvalue weighted by atomic mass is 9.59. The maximum atomic E-state index is 6.71. The van der Waals surface area contributed by atoms with Crippen molar-refractivity contribution in [2.24, 2.45) is 5.41 Å². The zero-order valence-corrected chi connectivity index (χ0v) is 18.7. The Kier molecular flexibility index (Phi) is 3.83. The fourth-order valence-corrected chi connectivity index (χ4v) is 4.35. The van der Waals surface area contributed by atoms with Crippen LogP contribution in [0.25, 0.3) is 0 Å². The fraction of sp³-hybridized carbons (Fsp3) is 0.739. The Morgan fingerprint density at radius 1 is 0.577 bits per heavy atom. The summed E-state index contributed by atoms with van der Waals surface area (Å²) < 4.78 is 19.9. The second kappa shape index (κ2) is 5.05. The minimum Gasteiger partial charge on any atom is -0.438 e. The minimum absolute atomic E-state index is 0.190. The summed E-state index contributed by atoms with van der Waals surface area (Å²) in [5.74, 6) is -0.182. The molecule has 0 saturated carbocycles. The molecule has 1 aromatic rings. The van der Waals surface area contributed by atoms with Crippen LogP contribution >= 0.6 is 0 Å². The van der Waals surface area contributed by atoms with Crippen LogP contribution in [0.15, 0.2) is 0 Å². The van der Waals surface area contributed by atoms with E-state index in [0.29, 0.717) is 0 Å². The molecular weight excluding hydrogens is 324 g/mol. The summed E-state index contributed by atoms with van der Waals surface area (Å²) in [7, 11) is 0. The van der Waals surface area contributed by atoms with Crippen molar-refractivity contribution in [3.8, 4) is 5.75 Å². The maximum absolute atomic E-state index is 6.71. The summed E-state index contributed by atoms with van der Waals surface area (Å²) in [4.78, 5) is 0. The molecule has 0 amide bonds. The van der Waals surface area contributed by atoms with Gasteiger partial charge < -0.3 is 14.2 Å². The highest BCUT2D eigenvalue weighted by Crippen LogP contribution is 2.63. The zero-order chi connectivity index (χ0) is 20.1. The molecule has 0 N–H and O–H groups in total. The molecule has 0 radical (unpaired) electrons. The van der Waals surface area contributed by atoms with E-state index in [2.05, 4.69) is 83.1 Å². The summed E-state index contributed by atoms with van der Waals surface area (Å²) in [6.07, 6.45) is 0. The molecular formula is C23H36O3. The molecule has 3 nitrogen and oxygen atoms in total. The Bertz CT molecular complexity index is 765. The molecule has 0 bridgehead atoms. The Morgan fingerprint density at radius 2 is 1.00 bits per heavy atom. The Balaban J connectivity index is 2.34. The highest BCUT2D eigenvalue weighted by molar-refractivity contribution is 5.59. The van der Waals surface area contributed by atoms with Gasteiger partial charge in [0.1, 0.15) is 5.75 Å². The van der Waals surface area contributed by atoms with Crippen molar-refractivity contribution < 1.29 is 14.2 Å². The summed E-state index contributed by atoms with van der Waals surface area (Å²) in [5.41, 5.74) is 4.90. The van der Waals surface area contributed by atoms with Crippen LogP contribution in [0.1, 0.15) is 83.2 Å². The van der Waals surface area contributed by atoms with Crippen molar-refractivity contribution in [2.45, 2.75) is 106 Å². The van der Waals surface area contributed by atoms with Crippen LogP contribution in [0.2, 0.25) is 0 Å². The van der Waals surface area contributed by atoms with Gasteiger partial charge in [-0.05, 0) is 77.6 Å². The third-order valence-corrected chi connectivity index (χ3v) is 8.05. The molecule has 1 aromatic carbocycles. The highest BCUT2D eigenvalue weighted by Gasteiger charge is 2.71. The van der Waals surface area contributed by atoms with Crippen molar-refractivity contribution in [1.29, 1.82) is 0 Å². The van der Waals surface area contributed by atoms with Crippen molar-refractivity contribution >= 4 is 0 Å². The predicted octanol–water partition coefficient (Wildman–Crippen LogP) is 5.87. The lowest BCUT2D eigenvalue weighted by Crippen LogP contribution is -2.63. The van der Waals surface area contributed by atoms with Gasteiger partial charge in [0.2, 0.25) is 0 Å². The van der Waals surface area contributed by atoms with Gasteiger partial charge in [0.05, 0.1) is 16.6 Å². The molecule has 0 atom stereocenters. The van der Waals surface area contributed by atoms with E-state index in [0.717, 1.165) is 5.75 Å². The van der Waals surface area contributed by atoms with Crippen LogP contribution in [0.4, 0.5) is 0 Å². The third-order valence-electron chi connectivity index (χ3n) is 8.05. The number of rotatable bonds is 0. The van der Waals surface area contributed by atoms with Gasteiger partial charge in [-0.3, -0.25) is 0 Å². The standard InChI is InChI=1S/C23H36O3/c1-13-14(2)16(4)18-17(15(13)3)19(5,6)20(7,8)23(24-18)25-21(9,10)22(11,12)26-23/h1-12H3. The van der Waals surface area contributed by atoms with Gasteiger partial charge in [-0.15, -0.1) is 0 Å². The zero-order valence-electron chi connectivity index (χ0n) is 18.7. The quantitative estimate of drug-likeness (QED) is 0.579. The smallest absolute Gasteiger partial charge is 0.334 e. The summed E-state index contributed by atoms with van der Waals surface area (Å²) in [6, 6.07) is 0. The van der Waals surface area contributed by atoms with E-state index in [4.69, 9.17) is 14.2 Å². The second-order valence-corrected chi connectivity index (χ2v) is 10.3. The Hall–Kier alpha value is -1.06. The van der Waals surface area contributed by atoms with Crippen LogP contribution in [0.5, 0.6) is 5.75 Å². The fourth-order valence-electron chi connectivity index (χ4n) is 4.35. The first-order valence-electron chi connectivity index (χ1n) is 9.72. The van der Waals surface area contributed by atoms with Crippen LogP contribution in [0, 0.1) is 33.1 Å². The largest absolute Gasteiger partial charge is 0.438 e. The van der Waals surface area contributed by atoms with Crippen LogP contribution < -0.4 is 4.74 Å². The number of hydrogen-bond acceptors (Lipinski definition) is 3. The van der Waals surface area contributed by atoms with Gasteiger partial charge in [0.25, 0.3) is 0 Å². The van der Waals surface area contributed by atoms with Gasteiger partial charge in [-0.25, -0.2) is 0 Å². The highest BCUT2D eigenvalue weighted by atomic mass is 16.9. The van der Waals surface area contributed by atoms with Crippen molar-refractivity contribution in [3.63, 3.8) is 0 Å². The molecule has 3 rings (SSSR count). The van der Waals surface area contributed by atoms with Gasteiger partial charge >= 0.3 is 5.97 Å². The van der Waals surface area contributed by atoms with Crippen molar-refractivity contribution in [1.82, 2.24) is 0 Å². The van der Waals surface area contributed by atoms with Crippen LogP contribution in [-0.4, -0.2) is 17.2 Å². The summed E-state index contributed by atoms with van der Waals surface area (Å²) in [5, 5.41) is 0. The monoisotopic (exact) mass is 360 g/mol. The van der Waals surface area contributed by atoms with Crippen LogP contribution in [0.3, 0.4) is 0 Å². The first kappa shape index (κ1) is 19.7. The predicted molar refractivity (Wildman–Crippen MR) is 106 cm³/mol. The first-order valence-corrected chi connectivity index (χ1v) is 9.72. The molecule has 2 heterocycles. The Morgan fingerprint density at radius 3 is 1.46 bits per heavy atom. The topological polar surface area (TPSA) is 27.7 Å². The van der Waals surface area contributed by atoms with E-state index in [-0.39, 0.29) is 5.41 Å². The average molecular weight is 361 g/mol. The normalized spacial score (nSPS) is 26.5. The maximum Gasteiger partial charge on any atom is 0.334 e. The van der Waals surface area contributed by atoms with E-state index in [1.165, 1.54) is 27.8 Å². The molecule has 2 aliphatic heterocycles. The minimum atomic E-state index is -1.12. The first-order chi connectivity index (χ1) is 11.5. The summed E-state index contributed by atoms with van der Waals surface area (Å²) >= 11 is 0. The molecule has 26 heavy (non-hydrogen) atoms.